The maximum Gasteiger partial charge on any atom is 0.251 e. The lowest BCUT2D eigenvalue weighted by atomic mass is 10.0. The number of carbonyl (C=O) groups excluding carboxylic acids is 1. The van der Waals surface area contributed by atoms with Gasteiger partial charge < -0.3 is 14.8 Å². The minimum absolute atomic E-state index is 0.0705. The van der Waals surface area contributed by atoms with Crippen LogP contribution in [0.3, 0.4) is 0 Å². The largest absolute Gasteiger partial charge is 0.463 e. The fraction of sp³-hybridized carbons (Fsp3) is 0.286. The van der Waals surface area contributed by atoms with Gasteiger partial charge in [-0.15, -0.1) is 0 Å². The van der Waals surface area contributed by atoms with Gasteiger partial charge in [-0.05, 0) is 38.1 Å². The number of nitrogens with one attached hydrogen (secondary N) is 1. The summed E-state index contributed by atoms with van der Waals surface area (Å²) in [5, 5.41) is 12.9. The number of pyridine rings is 1. The Labute approximate surface area is 111 Å². The summed E-state index contributed by atoms with van der Waals surface area (Å²) in [6.07, 6.45) is 3.09. The van der Waals surface area contributed by atoms with Gasteiger partial charge in [0, 0.05) is 18.0 Å². The Kier molecular flexibility index (Phi) is 3.66. The van der Waals surface area contributed by atoms with Crippen molar-refractivity contribution in [3.8, 4) is 0 Å². The highest BCUT2D eigenvalue weighted by Crippen LogP contribution is 2.21. The summed E-state index contributed by atoms with van der Waals surface area (Å²) >= 11 is 0. The van der Waals surface area contributed by atoms with E-state index < -0.39 is 5.60 Å². The van der Waals surface area contributed by atoms with Gasteiger partial charge in [-0.1, -0.05) is 0 Å². The molecule has 0 aromatic carbocycles. The Morgan fingerprint density at radius 3 is 2.63 bits per heavy atom. The quantitative estimate of drug-likeness (QED) is 0.876. The second kappa shape index (κ2) is 5.24. The zero-order chi connectivity index (χ0) is 13.9. The van der Waals surface area contributed by atoms with Crippen LogP contribution in [0, 0.1) is 6.92 Å². The Bertz CT molecular complexity index is 561. The average Bonchev–Trinajstić information content (AvgIpc) is 2.85. The number of hydrogen-bond donors (Lipinski definition) is 2. The van der Waals surface area contributed by atoms with Crippen molar-refractivity contribution >= 4 is 5.91 Å². The smallest absolute Gasteiger partial charge is 0.251 e. The highest BCUT2D eigenvalue weighted by Gasteiger charge is 2.27. The lowest BCUT2D eigenvalue weighted by Crippen LogP contribution is -2.38. The lowest BCUT2D eigenvalue weighted by molar-refractivity contribution is 0.0323. The molecule has 100 valence electrons. The molecule has 2 aromatic heterocycles. The van der Waals surface area contributed by atoms with E-state index in [9.17, 15) is 9.90 Å². The molecule has 0 bridgehead atoms. The fourth-order valence-corrected chi connectivity index (χ4v) is 1.67. The average molecular weight is 260 g/mol. The van der Waals surface area contributed by atoms with E-state index in [4.69, 9.17) is 4.42 Å². The molecule has 0 spiro atoms. The van der Waals surface area contributed by atoms with Gasteiger partial charge in [-0.2, -0.15) is 0 Å². The predicted octanol–water partition coefficient (Wildman–Crippen LogP) is 1.62. The zero-order valence-electron chi connectivity index (χ0n) is 10.9. The molecular weight excluding hydrogens is 244 g/mol. The Morgan fingerprint density at radius 1 is 1.37 bits per heavy atom. The molecule has 0 saturated carbocycles. The SMILES string of the molecule is Cc1ccc(C(C)(O)CNC(=O)c2ccncc2)o1. The molecule has 19 heavy (non-hydrogen) atoms. The molecule has 0 aliphatic heterocycles. The predicted molar refractivity (Wildman–Crippen MR) is 69.6 cm³/mol. The van der Waals surface area contributed by atoms with Crippen molar-refractivity contribution in [3.63, 3.8) is 0 Å². The molecule has 2 heterocycles. The maximum absolute atomic E-state index is 11.8. The molecule has 1 atom stereocenters. The number of aliphatic hydroxyl groups is 1. The lowest BCUT2D eigenvalue weighted by Gasteiger charge is -2.21. The van der Waals surface area contributed by atoms with E-state index >= 15 is 0 Å². The van der Waals surface area contributed by atoms with Crippen molar-refractivity contribution in [2.75, 3.05) is 6.54 Å². The van der Waals surface area contributed by atoms with Gasteiger partial charge in [0.05, 0.1) is 6.54 Å². The van der Waals surface area contributed by atoms with Crippen LogP contribution >= 0.6 is 0 Å². The first-order valence-electron chi connectivity index (χ1n) is 5.96. The molecule has 0 radical (unpaired) electrons. The first-order chi connectivity index (χ1) is 8.99. The number of nitrogens with zero attached hydrogens (tertiary/aromatic N) is 1. The summed E-state index contributed by atoms with van der Waals surface area (Å²) < 4.78 is 5.37. The van der Waals surface area contributed by atoms with E-state index in [-0.39, 0.29) is 12.5 Å². The Morgan fingerprint density at radius 2 is 2.05 bits per heavy atom. The summed E-state index contributed by atoms with van der Waals surface area (Å²) in [4.78, 5) is 15.7. The van der Waals surface area contributed by atoms with Crippen LogP contribution in [0.15, 0.2) is 41.1 Å². The van der Waals surface area contributed by atoms with Crippen molar-refractivity contribution in [2.24, 2.45) is 0 Å². The van der Waals surface area contributed by atoms with Gasteiger partial charge in [0.25, 0.3) is 5.91 Å². The van der Waals surface area contributed by atoms with Gasteiger partial charge in [0.2, 0.25) is 0 Å². The summed E-state index contributed by atoms with van der Waals surface area (Å²) in [5.74, 6) is 0.890. The van der Waals surface area contributed by atoms with E-state index in [1.165, 1.54) is 0 Å². The molecule has 0 aliphatic carbocycles. The third kappa shape index (κ3) is 3.20. The topological polar surface area (TPSA) is 75.4 Å². The fourth-order valence-electron chi connectivity index (χ4n) is 1.67. The number of aryl methyl sites for hydroxylation is 1. The summed E-state index contributed by atoms with van der Waals surface area (Å²) in [6, 6.07) is 6.70. The van der Waals surface area contributed by atoms with Crippen LogP contribution in [0.25, 0.3) is 0 Å². The van der Waals surface area contributed by atoms with E-state index in [1.807, 2.05) is 0 Å². The summed E-state index contributed by atoms with van der Waals surface area (Å²) in [7, 11) is 0. The van der Waals surface area contributed by atoms with Crippen LogP contribution in [0.5, 0.6) is 0 Å². The molecule has 2 rings (SSSR count). The maximum atomic E-state index is 11.8. The molecule has 1 amide bonds. The number of hydrogen-bond acceptors (Lipinski definition) is 4. The van der Waals surface area contributed by atoms with Crippen LogP contribution in [0.2, 0.25) is 0 Å². The first-order valence-corrected chi connectivity index (χ1v) is 5.96. The molecular formula is C14H16N2O3. The van der Waals surface area contributed by atoms with E-state index in [2.05, 4.69) is 10.3 Å². The monoisotopic (exact) mass is 260 g/mol. The zero-order valence-corrected chi connectivity index (χ0v) is 10.9. The minimum Gasteiger partial charge on any atom is -0.463 e. The first kappa shape index (κ1) is 13.3. The highest BCUT2D eigenvalue weighted by molar-refractivity contribution is 5.93. The van der Waals surface area contributed by atoms with Crippen LogP contribution < -0.4 is 5.32 Å². The second-order valence-electron chi connectivity index (χ2n) is 4.60. The van der Waals surface area contributed by atoms with E-state index in [0.717, 1.165) is 5.76 Å². The Hall–Kier alpha value is -2.14. The molecule has 2 aromatic rings. The number of carbonyl (C=O) groups is 1. The van der Waals surface area contributed by atoms with Crippen molar-refractivity contribution in [2.45, 2.75) is 19.4 Å². The molecule has 1 unspecified atom stereocenters. The summed E-state index contributed by atoms with van der Waals surface area (Å²) in [5.41, 5.74) is -0.738. The van der Waals surface area contributed by atoms with Crippen LogP contribution in [0.1, 0.15) is 28.8 Å². The van der Waals surface area contributed by atoms with Gasteiger partial charge in [0.1, 0.15) is 17.1 Å². The third-order valence-electron chi connectivity index (χ3n) is 2.81. The normalized spacial score (nSPS) is 13.8. The van der Waals surface area contributed by atoms with Gasteiger partial charge >= 0.3 is 0 Å². The molecule has 0 aliphatic rings. The van der Waals surface area contributed by atoms with Crippen molar-refractivity contribution < 1.29 is 14.3 Å². The second-order valence-corrected chi connectivity index (χ2v) is 4.60. The van der Waals surface area contributed by atoms with Crippen molar-refractivity contribution in [3.05, 3.63) is 53.7 Å². The highest BCUT2D eigenvalue weighted by atomic mass is 16.4. The molecule has 0 fully saturated rings. The van der Waals surface area contributed by atoms with Gasteiger partial charge in [0.15, 0.2) is 0 Å². The molecule has 2 N–H and O–H groups in total. The third-order valence-corrected chi connectivity index (χ3v) is 2.81. The van der Waals surface area contributed by atoms with Crippen molar-refractivity contribution in [1.82, 2.24) is 10.3 Å². The van der Waals surface area contributed by atoms with E-state index in [0.29, 0.717) is 11.3 Å². The number of rotatable bonds is 4. The minimum atomic E-state index is -1.24. The number of amides is 1. The molecule has 0 saturated heterocycles. The van der Waals surface area contributed by atoms with Crippen LogP contribution in [-0.4, -0.2) is 22.5 Å². The van der Waals surface area contributed by atoms with Crippen molar-refractivity contribution in [1.29, 1.82) is 0 Å². The number of furan rings is 1. The molecule has 5 nitrogen and oxygen atoms in total. The van der Waals surface area contributed by atoms with Gasteiger partial charge in [-0.3, -0.25) is 9.78 Å². The number of aromatic nitrogens is 1. The van der Waals surface area contributed by atoms with Crippen LogP contribution in [0.4, 0.5) is 0 Å². The molecule has 5 heteroatoms. The van der Waals surface area contributed by atoms with E-state index in [1.54, 1.807) is 50.5 Å². The summed E-state index contributed by atoms with van der Waals surface area (Å²) in [6.45, 7) is 3.47. The van der Waals surface area contributed by atoms with Gasteiger partial charge in [-0.25, -0.2) is 0 Å². The van der Waals surface area contributed by atoms with Crippen LogP contribution in [-0.2, 0) is 5.60 Å². The Balaban J connectivity index is 2.00. The standard InChI is InChI=1S/C14H16N2O3/c1-10-3-4-12(19-10)14(2,18)9-16-13(17)11-5-7-15-8-6-11/h3-8,18H,9H2,1-2H3,(H,16,17).